The molecule has 0 spiro atoms. The van der Waals surface area contributed by atoms with E-state index in [0.717, 1.165) is 6.07 Å². The highest BCUT2D eigenvalue weighted by Gasteiger charge is 2.18. The standard InChI is InChI=1S/C9H13N3O5S/c10-18(16,17)7-2-3-8(11-4-1-5-13)9(6-7)12(14)15/h2-3,6,11,13H,1,4-5H2,(H2,10,16,17). The number of nitrogens with zero attached hydrogens (tertiary/aromatic N) is 1. The molecule has 0 saturated heterocycles. The van der Waals surface area contributed by atoms with Crippen molar-refractivity contribution in [1.82, 2.24) is 0 Å². The largest absolute Gasteiger partial charge is 0.396 e. The second-order valence-electron chi connectivity index (χ2n) is 3.49. The van der Waals surface area contributed by atoms with Gasteiger partial charge in [0.1, 0.15) is 5.69 Å². The van der Waals surface area contributed by atoms with Gasteiger partial charge in [-0.15, -0.1) is 0 Å². The monoisotopic (exact) mass is 275 g/mol. The summed E-state index contributed by atoms with van der Waals surface area (Å²) in [6.45, 7) is 0.294. The molecule has 0 heterocycles. The Morgan fingerprint density at radius 1 is 1.44 bits per heavy atom. The molecular weight excluding hydrogens is 262 g/mol. The van der Waals surface area contributed by atoms with E-state index in [1.807, 2.05) is 0 Å². The van der Waals surface area contributed by atoms with Crippen molar-refractivity contribution in [3.8, 4) is 0 Å². The zero-order valence-corrected chi connectivity index (χ0v) is 10.2. The molecule has 0 aliphatic rings. The average molecular weight is 275 g/mol. The van der Waals surface area contributed by atoms with Gasteiger partial charge in [0.2, 0.25) is 10.0 Å². The molecule has 0 saturated carbocycles. The lowest BCUT2D eigenvalue weighted by Gasteiger charge is -2.07. The summed E-state index contributed by atoms with van der Waals surface area (Å²) in [7, 11) is -3.97. The van der Waals surface area contributed by atoms with Crippen LogP contribution in [0, 0.1) is 10.1 Å². The van der Waals surface area contributed by atoms with Gasteiger partial charge >= 0.3 is 0 Å². The molecule has 0 bridgehead atoms. The number of aliphatic hydroxyl groups excluding tert-OH is 1. The lowest BCUT2D eigenvalue weighted by Crippen LogP contribution is -2.13. The highest BCUT2D eigenvalue weighted by molar-refractivity contribution is 7.89. The third kappa shape index (κ3) is 3.65. The molecule has 0 unspecified atom stereocenters. The van der Waals surface area contributed by atoms with Gasteiger partial charge in [0.25, 0.3) is 5.69 Å². The summed E-state index contributed by atoms with van der Waals surface area (Å²) in [5.74, 6) is 0. The Hall–Kier alpha value is -1.71. The molecule has 0 fully saturated rings. The second kappa shape index (κ2) is 5.76. The minimum Gasteiger partial charge on any atom is -0.396 e. The Balaban J connectivity index is 3.09. The van der Waals surface area contributed by atoms with Gasteiger partial charge in [-0.05, 0) is 18.6 Å². The number of rotatable bonds is 6. The Morgan fingerprint density at radius 3 is 2.61 bits per heavy atom. The van der Waals surface area contributed by atoms with Crippen molar-refractivity contribution in [2.75, 3.05) is 18.5 Å². The van der Waals surface area contributed by atoms with Crippen LogP contribution in [0.5, 0.6) is 0 Å². The number of aliphatic hydroxyl groups is 1. The van der Waals surface area contributed by atoms with Crippen LogP contribution in [-0.4, -0.2) is 31.6 Å². The fourth-order valence-electron chi connectivity index (χ4n) is 1.29. The number of nitrogens with one attached hydrogen (secondary N) is 1. The van der Waals surface area contributed by atoms with Crippen LogP contribution in [0.2, 0.25) is 0 Å². The summed E-state index contributed by atoms with van der Waals surface area (Å²) in [6.07, 6.45) is 0.425. The summed E-state index contributed by atoms with van der Waals surface area (Å²) in [6, 6.07) is 3.36. The first-order valence-electron chi connectivity index (χ1n) is 5.02. The van der Waals surface area contributed by atoms with Crippen LogP contribution in [0.4, 0.5) is 11.4 Å². The lowest BCUT2D eigenvalue weighted by molar-refractivity contribution is -0.384. The minimum absolute atomic E-state index is 0.0456. The van der Waals surface area contributed by atoms with E-state index in [2.05, 4.69) is 5.32 Å². The van der Waals surface area contributed by atoms with E-state index in [4.69, 9.17) is 10.2 Å². The van der Waals surface area contributed by atoms with Gasteiger partial charge in [0, 0.05) is 19.2 Å². The van der Waals surface area contributed by atoms with Crippen LogP contribution < -0.4 is 10.5 Å². The molecule has 0 aromatic heterocycles. The van der Waals surface area contributed by atoms with E-state index in [1.54, 1.807) is 0 Å². The predicted octanol–water partition coefficient (Wildman–Crippen LogP) is 0.0365. The van der Waals surface area contributed by atoms with Crippen molar-refractivity contribution in [2.45, 2.75) is 11.3 Å². The zero-order chi connectivity index (χ0) is 13.8. The molecule has 1 rings (SSSR count). The van der Waals surface area contributed by atoms with E-state index in [1.165, 1.54) is 12.1 Å². The SMILES string of the molecule is NS(=O)(=O)c1ccc(NCCCO)c([N+](=O)[O-])c1. The van der Waals surface area contributed by atoms with Gasteiger partial charge in [-0.3, -0.25) is 10.1 Å². The maximum atomic E-state index is 11.1. The van der Waals surface area contributed by atoms with Gasteiger partial charge in [0.15, 0.2) is 0 Å². The summed E-state index contributed by atoms with van der Waals surface area (Å²) in [5.41, 5.74) is -0.194. The van der Waals surface area contributed by atoms with Crippen molar-refractivity contribution < 1.29 is 18.4 Å². The van der Waals surface area contributed by atoms with Crippen LogP contribution >= 0.6 is 0 Å². The Labute approximate surface area is 104 Å². The van der Waals surface area contributed by atoms with Crippen LogP contribution in [-0.2, 0) is 10.0 Å². The molecule has 100 valence electrons. The zero-order valence-electron chi connectivity index (χ0n) is 9.37. The number of anilines is 1. The van der Waals surface area contributed by atoms with Crippen LogP contribution in [0.3, 0.4) is 0 Å². The fourth-order valence-corrected chi connectivity index (χ4v) is 1.82. The number of benzene rings is 1. The first kappa shape index (κ1) is 14.4. The molecule has 1 aromatic rings. The Bertz CT molecular complexity index is 543. The minimum atomic E-state index is -3.97. The van der Waals surface area contributed by atoms with Gasteiger partial charge < -0.3 is 10.4 Å². The van der Waals surface area contributed by atoms with Crippen LogP contribution in [0.25, 0.3) is 0 Å². The number of primary sulfonamides is 1. The molecule has 0 radical (unpaired) electrons. The molecule has 9 heteroatoms. The highest BCUT2D eigenvalue weighted by atomic mass is 32.2. The quantitative estimate of drug-likeness (QED) is 0.381. The van der Waals surface area contributed by atoms with Gasteiger partial charge in [-0.25, -0.2) is 13.6 Å². The number of sulfonamides is 1. The number of nitro groups is 1. The fraction of sp³-hybridized carbons (Fsp3) is 0.333. The van der Waals surface area contributed by atoms with Gasteiger partial charge in [-0.2, -0.15) is 0 Å². The van der Waals surface area contributed by atoms with E-state index in [-0.39, 0.29) is 22.9 Å². The summed E-state index contributed by atoms with van der Waals surface area (Å²) in [5, 5.41) is 27.0. The van der Waals surface area contributed by atoms with Crippen molar-refractivity contribution in [2.24, 2.45) is 5.14 Å². The number of nitro benzene ring substituents is 1. The molecular formula is C9H13N3O5S. The topological polar surface area (TPSA) is 136 Å². The third-order valence-corrected chi connectivity index (χ3v) is 3.06. The number of nitrogens with two attached hydrogens (primary N) is 1. The Kier molecular flexibility index (Phi) is 4.59. The normalized spacial score (nSPS) is 11.2. The van der Waals surface area contributed by atoms with Crippen molar-refractivity contribution >= 4 is 21.4 Å². The lowest BCUT2D eigenvalue weighted by atomic mass is 10.2. The van der Waals surface area contributed by atoms with Crippen molar-refractivity contribution in [1.29, 1.82) is 0 Å². The molecule has 0 aliphatic carbocycles. The molecule has 4 N–H and O–H groups in total. The number of hydrogen-bond acceptors (Lipinski definition) is 6. The highest BCUT2D eigenvalue weighted by Crippen LogP contribution is 2.26. The van der Waals surface area contributed by atoms with E-state index < -0.39 is 14.9 Å². The van der Waals surface area contributed by atoms with Gasteiger partial charge in [0.05, 0.1) is 9.82 Å². The number of hydrogen-bond donors (Lipinski definition) is 3. The van der Waals surface area contributed by atoms with Gasteiger partial charge in [-0.1, -0.05) is 0 Å². The maximum Gasteiger partial charge on any atom is 0.293 e. The molecule has 1 aromatic carbocycles. The van der Waals surface area contributed by atoms with Crippen LogP contribution in [0.15, 0.2) is 23.1 Å². The first-order valence-corrected chi connectivity index (χ1v) is 6.57. The smallest absolute Gasteiger partial charge is 0.293 e. The van der Waals surface area contributed by atoms with Crippen LogP contribution in [0.1, 0.15) is 6.42 Å². The average Bonchev–Trinajstić information content (AvgIpc) is 2.28. The first-order chi connectivity index (χ1) is 8.36. The van der Waals surface area contributed by atoms with E-state index in [0.29, 0.717) is 13.0 Å². The van der Waals surface area contributed by atoms with Crippen molar-refractivity contribution in [3.05, 3.63) is 28.3 Å². The summed E-state index contributed by atoms with van der Waals surface area (Å²) < 4.78 is 22.2. The summed E-state index contributed by atoms with van der Waals surface area (Å²) in [4.78, 5) is 9.80. The van der Waals surface area contributed by atoms with E-state index in [9.17, 15) is 18.5 Å². The molecule has 8 nitrogen and oxygen atoms in total. The van der Waals surface area contributed by atoms with E-state index >= 15 is 0 Å². The third-order valence-electron chi connectivity index (χ3n) is 2.14. The Morgan fingerprint density at radius 2 is 2.11 bits per heavy atom. The van der Waals surface area contributed by atoms with Crippen molar-refractivity contribution in [3.63, 3.8) is 0 Å². The predicted molar refractivity (Wildman–Crippen MR) is 64.7 cm³/mol. The molecule has 0 atom stereocenters. The maximum absolute atomic E-state index is 11.1. The molecule has 0 amide bonds. The molecule has 18 heavy (non-hydrogen) atoms. The molecule has 0 aliphatic heterocycles. The second-order valence-corrected chi connectivity index (χ2v) is 5.05. The summed E-state index contributed by atoms with van der Waals surface area (Å²) >= 11 is 0.